The predicted octanol–water partition coefficient (Wildman–Crippen LogP) is 3.19. The highest BCUT2D eigenvalue weighted by atomic mass is 16.5. The fourth-order valence-corrected chi connectivity index (χ4v) is 4.95. The van der Waals surface area contributed by atoms with Crippen LogP contribution in [0.3, 0.4) is 0 Å². The molecule has 6 heterocycles. The molecule has 28 heavy (non-hydrogen) atoms. The van der Waals surface area contributed by atoms with Crippen molar-refractivity contribution in [1.29, 1.82) is 0 Å². The van der Waals surface area contributed by atoms with Gasteiger partial charge in [-0.3, -0.25) is 9.80 Å². The molecule has 0 bridgehead atoms. The van der Waals surface area contributed by atoms with E-state index in [4.69, 9.17) is 9.05 Å². The van der Waals surface area contributed by atoms with E-state index in [1.165, 1.54) is 64.7 Å². The van der Waals surface area contributed by atoms with Crippen LogP contribution in [0.25, 0.3) is 6.08 Å². The second-order valence-electron chi connectivity index (χ2n) is 8.19. The van der Waals surface area contributed by atoms with Crippen LogP contribution in [0.5, 0.6) is 0 Å². The molecule has 0 aromatic carbocycles. The van der Waals surface area contributed by atoms with Crippen molar-refractivity contribution in [3.8, 4) is 11.8 Å². The van der Waals surface area contributed by atoms with Crippen molar-refractivity contribution in [2.24, 2.45) is 0 Å². The smallest absolute Gasteiger partial charge is 0.209 e. The van der Waals surface area contributed by atoms with E-state index < -0.39 is 0 Å². The first-order chi connectivity index (χ1) is 13.8. The highest BCUT2D eigenvalue weighted by Crippen LogP contribution is 2.42. The Morgan fingerprint density at radius 2 is 1.71 bits per heavy atom. The van der Waals surface area contributed by atoms with Crippen molar-refractivity contribution in [1.82, 2.24) is 20.1 Å². The Kier molecular flexibility index (Phi) is 4.58. The lowest BCUT2D eigenvalue weighted by molar-refractivity contribution is 0.0720. The van der Waals surface area contributed by atoms with Gasteiger partial charge in [0.2, 0.25) is 5.76 Å². The molecule has 146 valence electrons. The summed E-state index contributed by atoms with van der Waals surface area (Å²) in [7, 11) is 0. The summed E-state index contributed by atoms with van der Waals surface area (Å²) in [5, 5.41) is 7.32. The van der Waals surface area contributed by atoms with E-state index in [0.717, 1.165) is 5.76 Å². The molecule has 0 spiro atoms. The Balaban J connectivity index is 0.000000122. The fourth-order valence-electron chi connectivity index (χ4n) is 4.95. The van der Waals surface area contributed by atoms with E-state index in [2.05, 4.69) is 44.1 Å². The molecule has 6 rings (SSSR count). The summed E-state index contributed by atoms with van der Waals surface area (Å²) in [5.41, 5.74) is 0.555. The van der Waals surface area contributed by atoms with Crippen LogP contribution in [0.2, 0.25) is 0 Å². The third kappa shape index (κ3) is 3.19. The number of fused-ring (bicyclic) bond motifs is 2. The molecule has 0 radical (unpaired) electrons. The molecule has 4 aliphatic rings. The summed E-state index contributed by atoms with van der Waals surface area (Å²) >= 11 is 0. The highest BCUT2D eigenvalue weighted by Gasteiger charge is 2.47. The quantitative estimate of drug-likeness (QED) is 0.748. The van der Waals surface area contributed by atoms with Crippen LogP contribution in [-0.4, -0.2) is 57.4 Å². The lowest BCUT2D eigenvalue weighted by Gasteiger charge is -2.46. The van der Waals surface area contributed by atoms with Crippen molar-refractivity contribution >= 4 is 6.08 Å². The van der Waals surface area contributed by atoms with Gasteiger partial charge in [-0.25, -0.2) is 0 Å². The molecule has 0 N–H and O–H groups in total. The second-order valence-corrected chi connectivity index (χ2v) is 8.19. The fraction of sp³-hybridized carbons (Fsp3) is 0.545. The number of nitrogens with zero attached hydrogens (tertiary/aromatic N) is 4. The van der Waals surface area contributed by atoms with Crippen LogP contribution >= 0.6 is 0 Å². The van der Waals surface area contributed by atoms with Gasteiger partial charge in [0, 0.05) is 30.8 Å². The summed E-state index contributed by atoms with van der Waals surface area (Å²) in [4.78, 5) is 5.02. The average molecular weight is 378 g/mol. The van der Waals surface area contributed by atoms with Crippen molar-refractivity contribution in [2.45, 2.75) is 49.6 Å². The van der Waals surface area contributed by atoms with Gasteiger partial charge in [-0.2, -0.15) is 0 Å². The zero-order valence-corrected chi connectivity index (χ0v) is 16.1. The first kappa shape index (κ1) is 17.7. The van der Waals surface area contributed by atoms with Crippen LogP contribution in [-0.2, 0) is 0 Å². The normalized spacial score (nSPS) is 31.1. The average Bonchev–Trinajstić information content (AvgIpc) is 3.46. The van der Waals surface area contributed by atoms with E-state index in [9.17, 15) is 0 Å². The molecule has 4 fully saturated rings. The van der Waals surface area contributed by atoms with Gasteiger partial charge in [0.15, 0.2) is 5.76 Å². The maximum absolute atomic E-state index is 5.04. The summed E-state index contributed by atoms with van der Waals surface area (Å²) in [6, 6.07) is 3.70. The lowest BCUT2D eigenvalue weighted by atomic mass is 9.84. The Hall–Kier alpha value is -2.36. The molecule has 0 amide bonds. The van der Waals surface area contributed by atoms with Gasteiger partial charge in [-0.05, 0) is 63.6 Å². The van der Waals surface area contributed by atoms with E-state index in [1.54, 1.807) is 12.4 Å². The third-order valence-corrected chi connectivity index (χ3v) is 6.77. The number of hydrogen-bond donors (Lipinski definition) is 0. The van der Waals surface area contributed by atoms with Crippen LogP contribution in [0.15, 0.2) is 39.6 Å². The molecule has 2 atom stereocenters. The van der Waals surface area contributed by atoms with E-state index in [-0.39, 0.29) is 5.54 Å². The topological polar surface area (TPSA) is 58.5 Å². The first-order valence-corrected chi connectivity index (χ1v) is 10.3. The Bertz CT molecular complexity index is 880. The standard InChI is InChI=1S/C11H14N2O.C11H12N2O/c2*1-4-11(6-9-13(11)8-1)5-2-10-3-7-12-14-10/h2-3,5,7H,1,4,6,8-9H2;3,7H,1,4,6,8-9H2/b5-2-;. The SMILES string of the molecule is C(#CC12CCCN1CC2)c1ccno1.C(=C/C12CCCN1CC2)/c1ccno1. The van der Waals surface area contributed by atoms with Crippen LogP contribution in [0, 0.1) is 11.8 Å². The third-order valence-electron chi connectivity index (χ3n) is 6.77. The molecule has 0 saturated carbocycles. The number of hydrogen-bond acceptors (Lipinski definition) is 6. The van der Waals surface area contributed by atoms with Gasteiger partial charge in [0.1, 0.15) is 0 Å². The van der Waals surface area contributed by atoms with Gasteiger partial charge in [-0.15, -0.1) is 0 Å². The van der Waals surface area contributed by atoms with Crippen LogP contribution in [0.1, 0.15) is 50.0 Å². The molecule has 4 saturated heterocycles. The van der Waals surface area contributed by atoms with Gasteiger partial charge in [-0.1, -0.05) is 22.3 Å². The number of aromatic nitrogens is 2. The zero-order valence-electron chi connectivity index (χ0n) is 16.1. The van der Waals surface area contributed by atoms with Crippen molar-refractivity contribution in [3.63, 3.8) is 0 Å². The van der Waals surface area contributed by atoms with Crippen LogP contribution < -0.4 is 0 Å². The van der Waals surface area contributed by atoms with Crippen LogP contribution in [0.4, 0.5) is 0 Å². The predicted molar refractivity (Wildman–Crippen MR) is 105 cm³/mol. The van der Waals surface area contributed by atoms with Crippen molar-refractivity contribution in [3.05, 3.63) is 42.1 Å². The molecule has 6 heteroatoms. The van der Waals surface area contributed by atoms with Gasteiger partial charge in [0.05, 0.1) is 17.9 Å². The minimum Gasteiger partial charge on any atom is -0.357 e. The zero-order chi connectivity index (χ0) is 18.9. The maximum atomic E-state index is 5.04. The molecule has 6 nitrogen and oxygen atoms in total. The Labute approximate surface area is 165 Å². The molecule has 4 aliphatic heterocycles. The van der Waals surface area contributed by atoms with E-state index in [0.29, 0.717) is 11.3 Å². The largest absolute Gasteiger partial charge is 0.357 e. The monoisotopic (exact) mass is 378 g/mol. The van der Waals surface area contributed by atoms with E-state index in [1.807, 2.05) is 12.1 Å². The van der Waals surface area contributed by atoms with Gasteiger partial charge in [0.25, 0.3) is 0 Å². The molecule has 0 aliphatic carbocycles. The summed E-state index contributed by atoms with van der Waals surface area (Å²) < 4.78 is 10.00. The molecular formula is C22H26N4O2. The lowest BCUT2D eigenvalue weighted by Crippen LogP contribution is -2.54. The van der Waals surface area contributed by atoms with E-state index >= 15 is 0 Å². The minimum atomic E-state index is 0.187. The summed E-state index contributed by atoms with van der Waals surface area (Å²) in [6.07, 6.45) is 15.3. The molecular weight excluding hydrogens is 352 g/mol. The second kappa shape index (κ2) is 7.23. The first-order valence-electron chi connectivity index (χ1n) is 10.3. The minimum absolute atomic E-state index is 0.187. The maximum Gasteiger partial charge on any atom is 0.209 e. The van der Waals surface area contributed by atoms with Crippen molar-refractivity contribution < 1.29 is 9.05 Å². The van der Waals surface area contributed by atoms with Crippen molar-refractivity contribution in [2.75, 3.05) is 26.2 Å². The Morgan fingerprint density at radius 3 is 2.36 bits per heavy atom. The molecule has 2 unspecified atom stereocenters. The molecule has 2 aromatic rings. The highest BCUT2D eigenvalue weighted by molar-refractivity contribution is 5.45. The summed E-state index contributed by atoms with van der Waals surface area (Å²) in [5.74, 6) is 7.95. The van der Waals surface area contributed by atoms with Gasteiger partial charge < -0.3 is 9.05 Å². The van der Waals surface area contributed by atoms with Gasteiger partial charge >= 0.3 is 0 Å². The number of rotatable bonds is 2. The molecule has 2 aromatic heterocycles. The Morgan fingerprint density at radius 1 is 0.893 bits per heavy atom. The summed E-state index contributed by atoms with van der Waals surface area (Å²) in [6.45, 7) is 4.96.